The average Bonchev–Trinajstić information content (AvgIpc) is 2.76. The Bertz CT molecular complexity index is 544. The molecule has 96 valence electrons. The second-order valence-electron chi connectivity index (χ2n) is 3.88. The van der Waals surface area contributed by atoms with E-state index in [2.05, 4.69) is 15.5 Å². The standard InChI is InChI=1S/C12H14FN3OS/c1-7(14-3)10-6-9(13)4-5-11(10)18-12-16-15-8(2)17-12/h4-7,14H,1-3H3. The number of rotatable bonds is 4. The molecular weight excluding hydrogens is 253 g/mol. The highest BCUT2D eigenvalue weighted by atomic mass is 32.2. The number of nitrogens with zero attached hydrogens (tertiary/aromatic N) is 2. The maximum atomic E-state index is 13.3. The van der Waals surface area contributed by atoms with Crippen LogP contribution < -0.4 is 5.32 Å². The predicted octanol–water partition coefficient (Wildman–Crippen LogP) is 2.95. The van der Waals surface area contributed by atoms with Gasteiger partial charge in [0, 0.05) is 17.9 Å². The van der Waals surface area contributed by atoms with Crippen LogP contribution in [-0.4, -0.2) is 17.2 Å². The molecule has 4 nitrogen and oxygen atoms in total. The fourth-order valence-corrected chi connectivity index (χ4v) is 2.44. The number of hydrogen-bond acceptors (Lipinski definition) is 5. The summed E-state index contributed by atoms with van der Waals surface area (Å²) in [7, 11) is 1.83. The van der Waals surface area contributed by atoms with Gasteiger partial charge in [0.05, 0.1) is 0 Å². The van der Waals surface area contributed by atoms with Crippen molar-refractivity contribution in [1.82, 2.24) is 15.5 Å². The molecule has 2 rings (SSSR count). The maximum Gasteiger partial charge on any atom is 0.281 e. The molecule has 0 bridgehead atoms. The van der Waals surface area contributed by atoms with E-state index in [0.29, 0.717) is 11.1 Å². The van der Waals surface area contributed by atoms with Gasteiger partial charge in [-0.25, -0.2) is 4.39 Å². The van der Waals surface area contributed by atoms with Crippen LogP contribution in [0.4, 0.5) is 4.39 Å². The van der Waals surface area contributed by atoms with Gasteiger partial charge in [0.15, 0.2) is 0 Å². The van der Waals surface area contributed by atoms with Crippen LogP contribution in [0.25, 0.3) is 0 Å². The molecular formula is C12H14FN3OS. The summed E-state index contributed by atoms with van der Waals surface area (Å²) < 4.78 is 18.6. The Morgan fingerprint density at radius 2 is 2.17 bits per heavy atom. The van der Waals surface area contributed by atoms with Gasteiger partial charge >= 0.3 is 0 Å². The number of halogens is 1. The Kier molecular flexibility index (Phi) is 3.98. The summed E-state index contributed by atoms with van der Waals surface area (Å²) in [5, 5.41) is 11.2. The van der Waals surface area contributed by atoms with Gasteiger partial charge in [-0.1, -0.05) is 0 Å². The molecule has 1 N–H and O–H groups in total. The van der Waals surface area contributed by atoms with E-state index in [0.717, 1.165) is 10.5 Å². The summed E-state index contributed by atoms with van der Waals surface area (Å²) in [4.78, 5) is 0.905. The lowest BCUT2D eigenvalue weighted by molar-refractivity contribution is 0.429. The van der Waals surface area contributed by atoms with Crippen molar-refractivity contribution in [3.8, 4) is 0 Å². The molecule has 0 radical (unpaired) electrons. The van der Waals surface area contributed by atoms with Gasteiger partial charge in [-0.15, -0.1) is 10.2 Å². The third-order valence-corrected chi connectivity index (χ3v) is 3.51. The van der Waals surface area contributed by atoms with E-state index in [-0.39, 0.29) is 11.9 Å². The molecule has 1 heterocycles. The van der Waals surface area contributed by atoms with Gasteiger partial charge in [-0.3, -0.25) is 0 Å². The maximum absolute atomic E-state index is 13.3. The molecule has 0 saturated carbocycles. The molecule has 1 aromatic carbocycles. The van der Waals surface area contributed by atoms with Gasteiger partial charge in [0.2, 0.25) is 5.89 Å². The van der Waals surface area contributed by atoms with Crippen LogP contribution in [0.5, 0.6) is 0 Å². The first-order chi connectivity index (χ1) is 8.60. The zero-order chi connectivity index (χ0) is 13.1. The van der Waals surface area contributed by atoms with E-state index in [9.17, 15) is 4.39 Å². The van der Waals surface area contributed by atoms with Crippen molar-refractivity contribution in [3.63, 3.8) is 0 Å². The van der Waals surface area contributed by atoms with E-state index in [4.69, 9.17) is 4.42 Å². The zero-order valence-corrected chi connectivity index (χ0v) is 11.2. The zero-order valence-electron chi connectivity index (χ0n) is 10.4. The number of benzene rings is 1. The Morgan fingerprint density at radius 1 is 1.39 bits per heavy atom. The largest absolute Gasteiger partial charge is 0.416 e. The fraction of sp³-hybridized carbons (Fsp3) is 0.333. The van der Waals surface area contributed by atoms with Crippen molar-refractivity contribution in [3.05, 3.63) is 35.5 Å². The molecule has 6 heteroatoms. The summed E-state index contributed by atoms with van der Waals surface area (Å²) in [6.07, 6.45) is 0. The van der Waals surface area contributed by atoms with Crippen molar-refractivity contribution in [2.24, 2.45) is 0 Å². The van der Waals surface area contributed by atoms with Crippen LogP contribution in [0.3, 0.4) is 0 Å². The first-order valence-corrected chi connectivity index (χ1v) is 6.36. The fourth-order valence-electron chi connectivity index (χ4n) is 1.52. The molecule has 1 atom stereocenters. The second kappa shape index (κ2) is 5.49. The molecule has 0 aliphatic heterocycles. The number of aromatic nitrogens is 2. The van der Waals surface area contributed by atoms with Crippen LogP contribution in [0.15, 0.2) is 32.7 Å². The van der Waals surface area contributed by atoms with E-state index in [1.165, 1.54) is 23.9 Å². The van der Waals surface area contributed by atoms with Crippen LogP contribution in [0.2, 0.25) is 0 Å². The first kappa shape index (κ1) is 13.0. The first-order valence-electron chi connectivity index (χ1n) is 5.55. The summed E-state index contributed by atoms with van der Waals surface area (Å²) >= 11 is 1.34. The van der Waals surface area contributed by atoms with Crippen molar-refractivity contribution in [2.45, 2.75) is 30.0 Å². The molecule has 2 aromatic rings. The molecule has 0 spiro atoms. The SMILES string of the molecule is CNC(C)c1cc(F)ccc1Sc1nnc(C)o1. The Balaban J connectivity index is 2.31. The van der Waals surface area contributed by atoms with Gasteiger partial charge < -0.3 is 9.73 Å². The summed E-state index contributed by atoms with van der Waals surface area (Å²) in [6.45, 7) is 3.71. The van der Waals surface area contributed by atoms with Crippen LogP contribution in [0.1, 0.15) is 24.4 Å². The Hall–Kier alpha value is -1.40. The minimum Gasteiger partial charge on any atom is -0.416 e. The molecule has 18 heavy (non-hydrogen) atoms. The van der Waals surface area contributed by atoms with Gasteiger partial charge in [-0.05, 0) is 49.5 Å². The number of aryl methyl sites for hydroxylation is 1. The highest BCUT2D eigenvalue weighted by molar-refractivity contribution is 7.99. The monoisotopic (exact) mass is 267 g/mol. The van der Waals surface area contributed by atoms with Gasteiger partial charge in [-0.2, -0.15) is 0 Å². The number of nitrogens with one attached hydrogen (secondary N) is 1. The molecule has 0 amide bonds. The molecule has 0 fully saturated rings. The lowest BCUT2D eigenvalue weighted by Crippen LogP contribution is -2.13. The lowest BCUT2D eigenvalue weighted by atomic mass is 10.1. The predicted molar refractivity (Wildman–Crippen MR) is 67.0 cm³/mol. The van der Waals surface area contributed by atoms with E-state index in [1.54, 1.807) is 13.0 Å². The van der Waals surface area contributed by atoms with Crippen molar-refractivity contribution < 1.29 is 8.81 Å². The highest BCUT2D eigenvalue weighted by Gasteiger charge is 2.14. The van der Waals surface area contributed by atoms with E-state index in [1.807, 2.05) is 14.0 Å². The quantitative estimate of drug-likeness (QED) is 0.923. The molecule has 0 aliphatic carbocycles. The molecule has 0 aliphatic rings. The van der Waals surface area contributed by atoms with Crippen LogP contribution in [0, 0.1) is 12.7 Å². The number of hydrogen-bond donors (Lipinski definition) is 1. The second-order valence-corrected chi connectivity index (χ2v) is 4.87. The van der Waals surface area contributed by atoms with E-state index >= 15 is 0 Å². The van der Waals surface area contributed by atoms with Gasteiger partial charge in [0.1, 0.15) is 5.82 Å². The van der Waals surface area contributed by atoms with Crippen LogP contribution in [-0.2, 0) is 0 Å². The van der Waals surface area contributed by atoms with Crippen molar-refractivity contribution in [1.29, 1.82) is 0 Å². The van der Waals surface area contributed by atoms with Crippen molar-refractivity contribution in [2.75, 3.05) is 7.05 Å². The topological polar surface area (TPSA) is 51.0 Å². The summed E-state index contributed by atoms with van der Waals surface area (Å²) in [6, 6.07) is 4.72. The third kappa shape index (κ3) is 2.88. The normalized spacial score (nSPS) is 12.7. The molecule has 0 saturated heterocycles. The minimum absolute atomic E-state index is 0.0484. The average molecular weight is 267 g/mol. The van der Waals surface area contributed by atoms with Crippen molar-refractivity contribution >= 4 is 11.8 Å². The summed E-state index contributed by atoms with van der Waals surface area (Å²) in [5.74, 6) is 0.265. The minimum atomic E-state index is -0.252. The van der Waals surface area contributed by atoms with Crippen LogP contribution >= 0.6 is 11.8 Å². The Morgan fingerprint density at radius 3 is 2.78 bits per heavy atom. The van der Waals surface area contributed by atoms with E-state index < -0.39 is 0 Å². The highest BCUT2D eigenvalue weighted by Crippen LogP contribution is 2.32. The smallest absolute Gasteiger partial charge is 0.281 e. The lowest BCUT2D eigenvalue weighted by Gasteiger charge is -2.14. The third-order valence-electron chi connectivity index (χ3n) is 2.58. The summed E-state index contributed by atoms with van der Waals surface area (Å²) in [5.41, 5.74) is 0.873. The molecule has 1 aromatic heterocycles. The van der Waals surface area contributed by atoms with Gasteiger partial charge in [0.25, 0.3) is 5.22 Å². The molecule has 1 unspecified atom stereocenters. The Labute approximate surface area is 109 Å².